The van der Waals surface area contributed by atoms with Gasteiger partial charge in [-0.1, -0.05) is 39.0 Å². The fourth-order valence-corrected chi connectivity index (χ4v) is 4.52. The van der Waals surface area contributed by atoms with Crippen LogP contribution in [0.3, 0.4) is 0 Å². The van der Waals surface area contributed by atoms with E-state index >= 15 is 0 Å². The van der Waals surface area contributed by atoms with E-state index in [0.29, 0.717) is 11.4 Å². The summed E-state index contributed by atoms with van der Waals surface area (Å²) in [7, 11) is 0. The van der Waals surface area contributed by atoms with Crippen molar-refractivity contribution in [2.45, 2.75) is 46.6 Å². The van der Waals surface area contributed by atoms with E-state index in [1.807, 2.05) is 32.0 Å². The molecule has 4 aromatic rings. The zero-order chi connectivity index (χ0) is 20.1. The van der Waals surface area contributed by atoms with E-state index in [1.165, 1.54) is 11.3 Å². The van der Waals surface area contributed by atoms with Crippen LogP contribution in [0.2, 0.25) is 0 Å². The van der Waals surface area contributed by atoms with Crippen LogP contribution in [0.5, 0.6) is 0 Å². The number of para-hydroxylation sites is 1. The zero-order valence-electron chi connectivity index (χ0n) is 16.8. The molecule has 3 aromatic heterocycles. The van der Waals surface area contributed by atoms with Crippen molar-refractivity contribution in [3.63, 3.8) is 0 Å². The van der Waals surface area contributed by atoms with Crippen molar-refractivity contribution in [3.05, 3.63) is 58.0 Å². The molecule has 1 aromatic carbocycles. The lowest BCUT2D eigenvalue weighted by atomic mass is 9.95. The Balaban J connectivity index is 1.61. The molecule has 6 heteroatoms. The lowest BCUT2D eigenvalue weighted by Gasteiger charge is -2.16. The fourth-order valence-electron chi connectivity index (χ4n) is 3.38. The number of nitrogens with one attached hydrogen (secondary N) is 2. The molecular formula is C22H24N4OS. The van der Waals surface area contributed by atoms with Crippen LogP contribution in [-0.4, -0.2) is 20.9 Å². The standard InChI is InChI=1S/C22H24N4OS/c1-12-17-13(2)24-21(22(3,4)5)26-20(17)28-18(12)19(27)23-11-15-10-14-8-6-7-9-16(14)25-15/h6-10,25H,11H2,1-5H3,(H,23,27). The Morgan fingerprint density at radius 3 is 2.64 bits per heavy atom. The van der Waals surface area contributed by atoms with Crippen LogP contribution < -0.4 is 5.32 Å². The number of thiophene rings is 1. The van der Waals surface area contributed by atoms with E-state index in [-0.39, 0.29) is 11.3 Å². The van der Waals surface area contributed by atoms with Crippen molar-refractivity contribution in [3.8, 4) is 0 Å². The predicted octanol–water partition coefficient (Wildman–Crippen LogP) is 5.02. The maximum absolute atomic E-state index is 12.9. The Morgan fingerprint density at radius 1 is 1.18 bits per heavy atom. The first-order valence-electron chi connectivity index (χ1n) is 9.37. The Morgan fingerprint density at radius 2 is 1.93 bits per heavy atom. The van der Waals surface area contributed by atoms with Gasteiger partial charge < -0.3 is 10.3 Å². The molecule has 0 aliphatic carbocycles. The van der Waals surface area contributed by atoms with Crippen LogP contribution in [0, 0.1) is 13.8 Å². The van der Waals surface area contributed by atoms with Gasteiger partial charge in [-0.2, -0.15) is 0 Å². The third-order valence-electron chi connectivity index (χ3n) is 4.87. The molecule has 0 atom stereocenters. The number of hydrogen-bond acceptors (Lipinski definition) is 4. The second-order valence-electron chi connectivity index (χ2n) is 8.18. The first-order chi connectivity index (χ1) is 13.2. The highest BCUT2D eigenvalue weighted by molar-refractivity contribution is 7.20. The van der Waals surface area contributed by atoms with Gasteiger partial charge in [0.25, 0.3) is 5.91 Å². The summed E-state index contributed by atoms with van der Waals surface area (Å²) in [6, 6.07) is 10.2. The topological polar surface area (TPSA) is 70.7 Å². The first kappa shape index (κ1) is 18.6. The van der Waals surface area contributed by atoms with Crippen LogP contribution >= 0.6 is 11.3 Å². The van der Waals surface area contributed by atoms with E-state index in [1.54, 1.807) is 0 Å². The quantitative estimate of drug-likeness (QED) is 0.514. The Bertz CT molecular complexity index is 1160. The number of fused-ring (bicyclic) bond motifs is 2. The highest BCUT2D eigenvalue weighted by atomic mass is 32.1. The SMILES string of the molecule is Cc1nc(C(C)(C)C)nc2sc(C(=O)NCc3cc4ccccc4[nH]3)c(C)c12. The fraction of sp³-hybridized carbons (Fsp3) is 0.318. The second-order valence-corrected chi connectivity index (χ2v) is 9.18. The van der Waals surface area contributed by atoms with Crippen LogP contribution in [0.4, 0.5) is 0 Å². The van der Waals surface area contributed by atoms with E-state index in [2.05, 4.69) is 48.2 Å². The lowest BCUT2D eigenvalue weighted by molar-refractivity contribution is 0.0954. The average molecular weight is 393 g/mol. The van der Waals surface area contributed by atoms with Gasteiger partial charge in [0.15, 0.2) is 0 Å². The highest BCUT2D eigenvalue weighted by Gasteiger charge is 2.23. The number of aromatic nitrogens is 3. The molecule has 0 saturated carbocycles. The normalized spacial score (nSPS) is 12.0. The van der Waals surface area contributed by atoms with Crippen molar-refractivity contribution in [2.24, 2.45) is 0 Å². The molecule has 28 heavy (non-hydrogen) atoms. The lowest BCUT2D eigenvalue weighted by Crippen LogP contribution is -2.22. The van der Waals surface area contributed by atoms with E-state index in [4.69, 9.17) is 4.98 Å². The summed E-state index contributed by atoms with van der Waals surface area (Å²) in [5.41, 5.74) is 3.81. The number of benzene rings is 1. The molecule has 4 rings (SSSR count). The van der Waals surface area contributed by atoms with E-state index in [9.17, 15) is 4.79 Å². The minimum atomic E-state index is -0.130. The number of H-pyrrole nitrogens is 1. The summed E-state index contributed by atoms with van der Waals surface area (Å²) in [4.78, 5) is 27.2. The highest BCUT2D eigenvalue weighted by Crippen LogP contribution is 2.33. The van der Waals surface area contributed by atoms with Crippen molar-refractivity contribution >= 4 is 38.4 Å². The van der Waals surface area contributed by atoms with Crippen molar-refractivity contribution < 1.29 is 4.79 Å². The summed E-state index contributed by atoms with van der Waals surface area (Å²) >= 11 is 1.44. The van der Waals surface area contributed by atoms with E-state index in [0.717, 1.165) is 43.9 Å². The number of nitrogens with zero attached hydrogens (tertiary/aromatic N) is 2. The van der Waals surface area contributed by atoms with Gasteiger partial charge in [-0.25, -0.2) is 9.97 Å². The summed E-state index contributed by atoms with van der Waals surface area (Å²) in [5.74, 6) is 0.736. The number of amides is 1. The molecule has 0 bridgehead atoms. The van der Waals surface area contributed by atoms with Gasteiger partial charge in [0, 0.05) is 22.0 Å². The molecule has 0 aliphatic heterocycles. The number of aryl methyl sites for hydroxylation is 2. The van der Waals surface area contributed by atoms with Crippen LogP contribution in [0.1, 0.15) is 53.2 Å². The molecule has 0 saturated heterocycles. The van der Waals surface area contributed by atoms with Gasteiger partial charge in [-0.05, 0) is 36.9 Å². The zero-order valence-corrected chi connectivity index (χ0v) is 17.6. The predicted molar refractivity (Wildman–Crippen MR) is 115 cm³/mol. The molecule has 1 amide bonds. The molecule has 5 nitrogen and oxygen atoms in total. The summed E-state index contributed by atoms with van der Waals surface area (Å²) < 4.78 is 0. The number of aromatic amines is 1. The molecule has 144 valence electrons. The third-order valence-corrected chi connectivity index (χ3v) is 6.06. The molecule has 0 radical (unpaired) electrons. The maximum Gasteiger partial charge on any atom is 0.262 e. The first-order valence-corrected chi connectivity index (χ1v) is 10.2. The molecule has 0 aliphatic rings. The largest absolute Gasteiger partial charge is 0.357 e. The summed E-state index contributed by atoms with van der Waals surface area (Å²) in [6.07, 6.45) is 0. The van der Waals surface area contributed by atoms with E-state index < -0.39 is 0 Å². The number of carbonyl (C=O) groups excluding carboxylic acids is 1. The van der Waals surface area contributed by atoms with Gasteiger partial charge in [0.1, 0.15) is 10.7 Å². The Labute approximate surface area is 168 Å². The third kappa shape index (κ3) is 3.29. The van der Waals surface area contributed by atoms with Gasteiger partial charge in [0.05, 0.1) is 17.1 Å². The Kier molecular flexibility index (Phi) is 4.46. The summed E-state index contributed by atoms with van der Waals surface area (Å²) in [5, 5.41) is 5.17. The smallest absolute Gasteiger partial charge is 0.262 e. The van der Waals surface area contributed by atoms with Crippen molar-refractivity contribution in [1.29, 1.82) is 0 Å². The second kappa shape index (κ2) is 6.71. The van der Waals surface area contributed by atoms with Crippen molar-refractivity contribution in [2.75, 3.05) is 0 Å². The molecule has 2 N–H and O–H groups in total. The molecule has 0 fully saturated rings. The minimum Gasteiger partial charge on any atom is -0.357 e. The molecular weight excluding hydrogens is 368 g/mol. The van der Waals surface area contributed by atoms with Crippen LogP contribution in [0.25, 0.3) is 21.1 Å². The van der Waals surface area contributed by atoms with Crippen LogP contribution in [0.15, 0.2) is 30.3 Å². The maximum atomic E-state index is 12.9. The monoisotopic (exact) mass is 392 g/mol. The van der Waals surface area contributed by atoms with Gasteiger partial charge in [0.2, 0.25) is 0 Å². The van der Waals surface area contributed by atoms with Gasteiger partial charge in [-0.15, -0.1) is 11.3 Å². The van der Waals surface area contributed by atoms with Gasteiger partial charge >= 0.3 is 0 Å². The number of hydrogen-bond donors (Lipinski definition) is 2. The molecule has 0 unspecified atom stereocenters. The number of rotatable bonds is 3. The van der Waals surface area contributed by atoms with Crippen molar-refractivity contribution in [1.82, 2.24) is 20.3 Å². The molecule has 0 spiro atoms. The minimum absolute atomic E-state index is 0.0733. The Hall–Kier alpha value is -2.73. The number of carbonyl (C=O) groups is 1. The van der Waals surface area contributed by atoms with Gasteiger partial charge in [-0.3, -0.25) is 4.79 Å². The summed E-state index contributed by atoms with van der Waals surface area (Å²) in [6.45, 7) is 10.7. The van der Waals surface area contributed by atoms with Crippen LogP contribution in [-0.2, 0) is 12.0 Å². The average Bonchev–Trinajstić information content (AvgIpc) is 3.20. The molecule has 3 heterocycles.